The monoisotopic (exact) mass is 269 g/mol. The molecule has 0 saturated carbocycles. The Kier molecular flexibility index (Phi) is 3.17. The van der Waals surface area contributed by atoms with Gasteiger partial charge in [-0.3, -0.25) is 4.98 Å². The van der Waals surface area contributed by atoms with E-state index in [1.54, 1.807) is 11.3 Å². The van der Waals surface area contributed by atoms with Gasteiger partial charge in [0, 0.05) is 5.69 Å². The Labute approximate surface area is 116 Å². The fraction of sp³-hybridized carbons (Fsp3) is 0.200. The lowest BCUT2D eigenvalue weighted by Gasteiger charge is -2.02. The molecule has 0 atom stereocenters. The summed E-state index contributed by atoms with van der Waals surface area (Å²) < 4.78 is 1.22. The number of hydrogen-bond acceptors (Lipinski definition) is 4. The van der Waals surface area contributed by atoms with Gasteiger partial charge in [0.2, 0.25) is 0 Å². The van der Waals surface area contributed by atoms with Crippen molar-refractivity contribution in [2.75, 3.05) is 5.32 Å². The normalized spacial score (nSPS) is 10.8. The number of aromatic nitrogens is 2. The number of aryl methyl sites for hydroxylation is 2. The number of rotatable bonds is 3. The Balaban J connectivity index is 1.80. The van der Waals surface area contributed by atoms with E-state index in [0.717, 1.165) is 22.0 Å². The first-order chi connectivity index (χ1) is 9.22. The highest BCUT2D eigenvalue weighted by atomic mass is 32.1. The molecular weight excluding hydrogens is 254 g/mol. The minimum atomic E-state index is 0.709. The van der Waals surface area contributed by atoms with Crippen LogP contribution in [0.1, 0.15) is 17.0 Å². The highest BCUT2D eigenvalue weighted by Crippen LogP contribution is 2.27. The molecule has 0 aliphatic rings. The van der Waals surface area contributed by atoms with Crippen molar-refractivity contribution in [3.8, 4) is 0 Å². The SMILES string of the molecule is Cc1cccc(CNc2nc3c(C)cccc3s2)n1. The molecule has 0 fully saturated rings. The van der Waals surface area contributed by atoms with E-state index in [2.05, 4.69) is 40.4 Å². The summed E-state index contributed by atoms with van der Waals surface area (Å²) >= 11 is 1.68. The number of nitrogens with zero attached hydrogens (tertiary/aromatic N) is 2. The number of anilines is 1. The molecule has 0 aliphatic carbocycles. The average Bonchev–Trinajstić information content (AvgIpc) is 2.81. The summed E-state index contributed by atoms with van der Waals surface area (Å²) in [6.45, 7) is 4.80. The molecule has 1 N–H and O–H groups in total. The fourth-order valence-electron chi connectivity index (χ4n) is 2.03. The molecule has 0 spiro atoms. The van der Waals surface area contributed by atoms with E-state index < -0.39 is 0 Å². The van der Waals surface area contributed by atoms with Crippen LogP contribution in [0.2, 0.25) is 0 Å². The zero-order chi connectivity index (χ0) is 13.2. The number of hydrogen-bond donors (Lipinski definition) is 1. The molecule has 3 aromatic rings. The maximum atomic E-state index is 4.63. The Morgan fingerprint density at radius 2 is 1.89 bits per heavy atom. The van der Waals surface area contributed by atoms with E-state index in [1.165, 1.54) is 10.3 Å². The number of nitrogens with one attached hydrogen (secondary N) is 1. The first-order valence-electron chi connectivity index (χ1n) is 6.25. The summed E-state index contributed by atoms with van der Waals surface area (Å²) in [4.78, 5) is 9.10. The van der Waals surface area contributed by atoms with E-state index in [1.807, 2.05) is 25.1 Å². The molecular formula is C15H15N3S. The summed E-state index contributed by atoms with van der Waals surface area (Å²) in [5.41, 5.74) is 4.39. The van der Waals surface area contributed by atoms with E-state index in [-0.39, 0.29) is 0 Å². The van der Waals surface area contributed by atoms with Gasteiger partial charge in [-0.15, -0.1) is 0 Å². The standard InChI is InChI=1S/C15H15N3S/c1-10-5-3-8-13-14(10)18-15(19-13)16-9-12-7-4-6-11(2)17-12/h3-8H,9H2,1-2H3,(H,16,18). The van der Waals surface area contributed by atoms with Gasteiger partial charge in [0.25, 0.3) is 0 Å². The van der Waals surface area contributed by atoms with Crippen molar-refractivity contribution in [3.63, 3.8) is 0 Å². The van der Waals surface area contributed by atoms with Crippen LogP contribution < -0.4 is 5.32 Å². The molecule has 0 aliphatic heterocycles. The lowest BCUT2D eigenvalue weighted by molar-refractivity contribution is 1.01. The molecule has 2 aromatic heterocycles. The lowest BCUT2D eigenvalue weighted by atomic mass is 10.2. The van der Waals surface area contributed by atoms with Crippen molar-refractivity contribution in [2.24, 2.45) is 0 Å². The minimum absolute atomic E-state index is 0.709. The second-order valence-corrected chi connectivity index (χ2v) is 5.60. The fourth-order valence-corrected chi connectivity index (χ4v) is 2.97. The van der Waals surface area contributed by atoms with Gasteiger partial charge in [0.1, 0.15) is 0 Å². The number of thiazole rings is 1. The third kappa shape index (κ3) is 2.58. The first kappa shape index (κ1) is 12.1. The number of pyridine rings is 1. The topological polar surface area (TPSA) is 37.8 Å². The largest absolute Gasteiger partial charge is 0.356 e. The summed E-state index contributed by atoms with van der Waals surface area (Å²) in [6.07, 6.45) is 0. The third-order valence-corrected chi connectivity index (χ3v) is 3.97. The van der Waals surface area contributed by atoms with Crippen molar-refractivity contribution >= 4 is 26.7 Å². The maximum Gasteiger partial charge on any atom is 0.184 e. The highest BCUT2D eigenvalue weighted by molar-refractivity contribution is 7.22. The van der Waals surface area contributed by atoms with Crippen molar-refractivity contribution in [2.45, 2.75) is 20.4 Å². The van der Waals surface area contributed by atoms with Gasteiger partial charge < -0.3 is 5.32 Å². The molecule has 0 radical (unpaired) electrons. The molecule has 4 heteroatoms. The van der Waals surface area contributed by atoms with Crippen molar-refractivity contribution in [3.05, 3.63) is 53.3 Å². The smallest absolute Gasteiger partial charge is 0.184 e. The highest BCUT2D eigenvalue weighted by Gasteiger charge is 2.05. The summed E-state index contributed by atoms with van der Waals surface area (Å²) in [5, 5.41) is 4.30. The van der Waals surface area contributed by atoms with Gasteiger partial charge in [-0.2, -0.15) is 0 Å². The van der Waals surface area contributed by atoms with E-state index >= 15 is 0 Å². The third-order valence-electron chi connectivity index (χ3n) is 2.99. The molecule has 3 nitrogen and oxygen atoms in total. The summed E-state index contributed by atoms with van der Waals surface area (Å²) in [5.74, 6) is 0. The predicted octanol–water partition coefficient (Wildman–Crippen LogP) is 3.92. The molecule has 3 rings (SSSR count). The molecule has 0 unspecified atom stereocenters. The Morgan fingerprint density at radius 1 is 1.05 bits per heavy atom. The van der Waals surface area contributed by atoms with Gasteiger partial charge in [-0.1, -0.05) is 29.5 Å². The van der Waals surface area contributed by atoms with Crippen LogP contribution >= 0.6 is 11.3 Å². The first-order valence-corrected chi connectivity index (χ1v) is 7.06. The second-order valence-electron chi connectivity index (χ2n) is 4.56. The summed E-state index contributed by atoms with van der Waals surface area (Å²) in [6, 6.07) is 12.3. The quantitative estimate of drug-likeness (QED) is 0.783. The molecule has 0 amide bonds. The van der Waals surface area contributed by atoms with Gasteiger partial charge in [-0.05, 0) is 37.6 Å². The molecule has 0 bridgehead atoms. The number of fused-ring (bicyclic) bond motifs is 1. The van der Waals surface area contributed by atoms with E-state index in [4.69, 9.17) is 0 Å². The number of para-hydroxylation sites is 1. The van der Waals surface area contributed by atoms with E-state index in [0.29, 0.717) is 6.54 Å². The van der Waals surface area contributed by atoms with E-state index in [9.17, 15) is 0 Å². The zero-order valence-corrected chi connectivity index (χ0v) is 11.8. The molecule has 2 heterocycles. The van der Waals surface area contributed by atoms with Crippen LogP contribution in [-0.4, -0.2) is 9.97 Å². The molecule has 96 valence electrons. The van der Waals surface area contributed by atoms with Crippen molar-refractivity contribution in [1.29, 1.82) is 0 Å². The average molecular weight is 269 g/mol. The van der Waals surface area contributed by atoms with Crippen LogP contribution in [0.4, 0.5) is 5.13 Å². The van der Waals surface area contributed by atoms with Gasteiger partial charge in [0.05, 0.1) is 22.5 Å². The van der Waals surface area contributed by atoms with Gasteiger partial charge in [-0.25, -0.2) is 4.98 Å². The molecule has 0 saturated heterocycles. The van der Waals surface area contributed by atoms with Crippen LogP contribution in [0.15, 0.2) is 36.4 Å². The zero-order valence-electron chi connectivity index (χ0n) is 11.0. The maximum absolute atomic E-state index is 4.63. The van der Waals surface area contributed by atoms with Crippen molar-refractivity contribution in [1.82, 2.24) is 9.97 Å². The van der Waals surface area contributed by atoms with Crippen LogP contribution in [0.3, 0.4) is 0 Å². The molecule has 1 aromatic carbocycles. The molecule has 19 heavy (non-hydrogen) atoms. The second kappa shape index (κ2) is 4.97. The van der Waals surface area contributed by atoms with Crippen LogP contribution in [0.25, 0.3) is 10.2 Å². The van der Waals surface area contributed by atoms with Crippen molar-refractivity contribution < 1.29 is 0 Å². The summed E-state index contributed by atoms with van der Waals surface area (Å²) in [7, 11) is 0. The lowest BCUT2D eigenvalue weighted by Crippen LogP contribution is -2.01. The van der Waals surface area contributed by atoms with Crippen LogP contribution in [-0.2, 0) is 6.54 Å². The van der Waals surface area contributed by atoms with Gasteiger partial charge in [0.15, 0.2) is 5.13 Å². The van der Waals surface area contributed by atoms with Crippen LogP contribution in [0.5, 0.6) is 0 Å². The number of benzene rings is 1. The Morgan fingerprint density at radius 3 is 2.68 bits per heavy atom. The van der Waals surface area contributed by atoms with Gasteiger partial charge >= 0.3 is 0 Å². The minimum Gasteiger partial charge on any atom is -0.356 e. The predicted molar refractivity (Wildman–Crippen MR) is 80.7 cm³/mol. The Hall–Kier alpha value is -1.94. The Bertz CT molecular complexity index is 718. The van der Waals surface area contributed by atoms with Crippen LogP contribution in [0, 0.1) is 13.8 Å².